The fourth-order valence-electron chi connectivity index (χ4n) is 2.60. The maximum atomic E-state index is 13.2. The van der Waals surface area contributed by atoms with Crippen molar-refractivity contribution in [3.05, 3.63) is 51.7 Å². The van der Waals surface area contributed by atoms with Gasteiger partial charge in [0.2, 0.25) is 0 Å². The molecule has 2 aromatic rings. The van der Waals surface area contributed by atoms with Gasteiger partial charge < -0.3 is 9.64 Å². The van der Waals surface area contributed by atoms with Gasteiger partial charge in [-0.15, -0.1) is 11.3 Å². The summed E-state index contributed by atoms with van der Waals surface area (Å²) in [7, 11) is 1.70. The molecule has 1 aliphatic heterocycles. The Morgan fingerprint density at radius 3 is 2.96 bits per heavy atom. The van der Waals surface area contributed by atoms with E-state index in [2.05, 4.69) is 9.88 Å². The van der Waals surface area contributed by atoms with E-state index in [1.807, 2.05) is 5.38 Å². The summed E-state index contributed by atoms with van der Waals surface area (Å²) in [6.07, 6.45) is 0. The molecule has 1 aromatic carbocycles. The molecule has 1 aromatic heterocycles. The number of morpholine rings is 1. The summed E-state index contributed by atoms with van der Waals surface area (Å²) in [5.74, 6) is -0.618. The number of benzene rings is 1. The highest BCUT2D eigenvalue weighted by atomic mass is 32.1. The van der Waals surface area contributed by atoms with E-state index in [9.17, 15) is 9.18 Å². The second-order valence-corrected chi connectivity index (χ2v) is 6.74. The lowest BCUT2D eigenvalue weighted by atomic mass is 10.2. The monoisotopic (exact) mass is 349 g/mol. The number of carbonyl (C=O) groups is 1. The second-order valence-electron chi connectivity index (χ2n) is 5.79. The fraction of sp³-hybridized carbons (Fsp3) is 0.412. The normalized spacial score (nSPS) is 15.4. The van der Waals surface area contributed by atoms with Crippen LogP contribution in [0.2, 0.25) is 0 Å². The molecule has 2 heterocycles. The van der Waals surface area contributed by atoms with Gasteiger partial charge in [0, 0.05) is 31.1 Å². The fourth-order valence-corrected chi connectivity index (χ4v) is 3.43. The molecule has 3 rings (SSSR count). The topological polar surface area (TPSA) is 45.7 Å². The zero-order chi connectivity index (χ0) is 16.9. The summed E-state index contributed by atoms with van der Waals surface area (Å²) >= 11 is 1.60. The maximum Gasteiger partial charge on any atom is 0.254 e. The van der Waals surface area contributed by atoms with E-state index in [1.165, 1.54) is 12.1 Å². The van der Waals surface area contributed by atoms with Crippen LogP contribution in [0.5, 0.6) is 0 Å². The molecule has 1 amide bonds. The molecule has 1 aliphatic rings. The Kier molecular flexibility index (Phi) is 5.55. The number of hydrogen-bond acceptors (Lipinski definition) is 5. The molecule has 24 heavy (non-hydrogen) atoms. The van der Waals surface area contributed by atoms with Crippen molar-refractivity contribution < 1.29 is 13.9 Å². The van der Waals surface area contributed by atoms with Gasteiger partial charge >= 0.3 is 0 Å². The lowest BCUT2D eigenvalue weighted by Crippen LogP contribution is -2.35. The molecule has 0 spiro atoms. The molecule has 0 atom stereocenters. The zero-order valence-corrected chi connectivity index (χ0v) is 14.4. The van der Waals surface area contributed by atoms with Gasteiger partial charge in [0.1, 0.15) is 10.8 Å². The molecule has 1 saturated heterocycles. The predicted molar refractivity (Wildman–Crippen MR) is 90.4 cm³/mol. The number of carbonyl (C=O) groups excluding carboxylic acids is 1. The van der Waals surface area contributed by atoms with Gasteiger partial charge in [-0.1, -0.05) is 6.07 Å². The van der Waals surface area contributed by atoms with Gasteiger partial charge in [0.25, 0.3) is 5.91 Å². The number of halogens is 1. The van der Waals surface area contributed by atoms with Crippen LogP contribution in [0.1, 0.15) is 21.1 Å². The highest BCUT2D eigenvalue weighted by Gasteiger charge is 2.16. The highest BCUT2D eigenvalue weighted by molar-refractivity contribution is 7.09. The van der Waals surface area contributed by atoms with Crippen molar-refractivity contribution in [2.45, 2.75) is 13.1 Å². The first kappa shape index (κ1) is 17.0. The summed E-state index contributed by atoms with van der Waals surface area (Å²) in [6, 6.07) is 5.74. The number of aromatic nitrogens is 1. The molecule has 5 nitrogen and oxygen atoms in total. The number of ether oxygens (including phenoxy) is 1. The van der Waals surface area contributed by atoms with Crippen LogP contribution in [-0.4, -0.2) is 54.0 Å². The molecule has 128 valence electrons. The highest BCUT2D eigenvalue weighted by Crippen LogP contribution is 2.16. The SMILES string of the molecule is CN(Cc1csc(CN2CCOCC2)n1)C(=O)c1cccc(F)c1. The number of hydrogen-bond donors (Lipinski definition) is 0. The first-order valence-electron chi connectivity index (χ1n) is 7.86. The van der Waals surface area contributed by atoms with E-state index >= 15 is 0 Å². The van der Waals surface area contributed by atoms with E-state index in [0.717, 1.165) is 43.5 Å². The standard InChI is InChI=1S/C17H20FN3O2S/c1-20(17(22)13-3-2-4-14(18)9-13)10-15-12-24-16(19-15)11-21-5-7-23-8-6-21/h2-4,9,12H,5-8,10-11H2,1H3. The van der Waals surface area contributed by atoms with Crippen molar-refractivity contribution in [1.29, 1.82) is 0 Å². The van der Waals surface area contributed by atoms with Crippen LogP contribution in [0.15, 0.2) is 29.6 Å². The quantitative estimate of drug-likeness (QED) is 0.831. The zero-order valence-electron chi connectivity index (χ0n) is 13.6. The first-order chi connectivity index (χ1) is 11.6. The Hall–Kier alpha value is -1.83. The Labute approximate surface area is 144 Å². The Balaban J connectivity index is 1.58. The van der Waals surface area contributed by atoms with Crippen LogP contribution in [0.3, 0.4) is 0 Å². The van der Waals surface area contributed by atoms with Gasteiger partial charge in [-0.2, -0.15) is 0 Å². The van der Waals surface area contributed by atoms with Crippen LogP contribution < -0.4 is 0 Å². The number of nitrogens with zero attached hydrogens (tertiary/aromatic N) is 3. The minimum absolute atomic E-state index is 0.211. The van der Waals surface area contributed by atoms with Crippen molar-refractivity contribution >= 4 is 17.2 Å². The molecule has 0 aliphatic carbocycles. The molecular formula is C17H20FN3O2S. The molecule has 1 fully saturated rings. The van der Waals surface area contributed by atoms with Crippen LogP contribution in [0, 0.1) is 5.82 Å². The van der Waals surface area contributed by atoms with E-state index in [1.54, 1.807) is 35.4 Å². The summed E-state index contributed by atoms with van der Waals surface area (Å²) in [5, 5.41) is 3.02. The third-order valence-corrected chi connectivity index (χ3v) is 4.76. The largest absolute Gasteiger partial charge is 0.379 e. The molecule has 0 N–H and O–H groups in total. The average molecular weight is 349 g/mol. The molecule has 7 heteroatoms. The first-order valence-corrected chi connectivity index (χ1v) is 8.74. The van der Waals surface area contributed by atoms with Crippen LogP contribution in [0.4, 0.5) is 4.39 Å². The minimum Gasteiger partial charge on any atom is -0.379 e. The third-order valence-electron chi connectivity index (χ3n) is 3.88. The molecule has 0 saturated carbocycles. The van der Waals surface area contributed by atoms with E-state index in [4.69, 9.17) is 4.74 Å². The predicted octanol–water partition coefficient (Wildman–Crippen LogP) is 2.39. The van der Waals surface area contributed by atoms with Crippen LogP contribution in [-0.2, 0) is 17.8 Å². The third kappa shape index (κ3) is 4.37. The summed E-state index contributed by atoms with van der Waals surface area (Å²) in [6.45, 7) is 4.61. The Bertz CT molecular complexity index is 701. The minimum atomic E-state index is -0.407. The smallest absolute Gasteiger partial charge is 0.254 e. The Morgan fingerprint density at radius 1 is 1.42 bits per heavy atom. The van der Waals surface area contributed by atoms with E-state index < -0.39 is 5.82 Å². The second kappa shape index (κ2) is 7.83. The van der Waals surface area contributed by atoms with Crippen molar-refractivity contribution in [2.75, 3.05) is 33.4 Å². The summed E-state index contributed by atoms with van der Waals surface area (Å²) in [4.78, 5) is 20.8. The van der Waals surface area contributed by atoms with Gasteiger partial charge in [-0.3, -0.25) is 9.69 Å². The number of amides is 1. The van der Waals surface area contributed by atoms with Gasteiger partial charge in [0.15, 0.2) is 0 Å². The van der Waals surface area contributed by atoms with Gasteiger partial charge in [0.05, 0.1) is 32.0 Å². The molecule has 0 unspecified atom stereocenters. The van der Waals surface area contributed by atoms with Crippen LogP contribution >= 0.6 is 11.3 Å². The van der Waals surface area contributed by atoms with E-state index in [0.29, 0.717) is 12.1 Å². The summed E-state index contributed by atoms with van der Waals surface area (Å²) in [5.41, 5.74) is 1.21. The van der Waals surface area contributed by atoms with Gasteiger partial charge in [-0.25, -0.2) is 9.37 Å². The average Bonchev–Trinajstić information content (AvgIpc) is 3.02. The lowest BCUT2D eigenvalue weighted by Gasteiger charge is -2.25. The van der Waals surface area contributed by atoms with Crippen LogP contribution in [0.25, 0.3) is 0 Å². The van der Waals surface area contributed by atoms with E-state index in [-0.39, 0.29) is 5.91 Å². The molecular weight excluding hydrogens is 329 g/mol. The maximum absolute atomic E-state index is 13.2. The molecule has 0 radical (unpaired) electrons. The summed E-state index contributed by atoms with van der Waals surface area (Å²) < 4.78 is 18.6. The number of rotatable bonds is 5. The lowest BCUT2D eigenvalue weighted by molar-refractivity contribution is 0.0341. The van der Waals surface area contributed by atoms with Crippen molar-refractivity contribution in [2.24, 2.45) is 0 Å². The Morgan fingerprint density at radius 2 is 2.21 bits per heavy atom. The molecule has 0 bridgehead atoms. The van der Waals surface area contributed by atoms with Crippen molar-refractivity contribution in [1.82, 2.24) is 14.8 Å². The van der Waals surface area contributed by atoms with Gasteiger partial charge in [-0.05, 0) is 18.2 Å². The number of thiazole rings is 1. The van der Waals surface area contributed by atoms with Crippen molar-refractivity contribution in [3.63, 3.8) is 0 Å². The van der Waals surface area contributed by atoms with Crippen molar-refractivity contribution in [3.8, 4) is 0 Å².